The topological polar surface area (TPSA) is 34.1 Å². The van der Waals surface area contributed by atoms with Gasteiger partial charge in [0.2, 0.25) is 0 Å². The molecule has 4 heteroatoms. The third kappa shape index (κ3) is 3.23. The normalized spacial score (nSPS) is 33.5. The van der Waals surface area contributed by atoms with Crippen molar-refractivity contribution in [2.45, 2.75) is 37.9 Å². The van der Waals surface area contributed by atoms with Crippen molar-refractivity contribution in [3.8, 4) is 0 Å². The predicted molar refractivity (Wildman–Crippen MR) is 63.5 cm³/mol. The van der Waals surface area contributed by atoms with E-state index in [4.69, 9.17) is 0 Å². The number of rotatable bonds is 4. The van der Waals surface area contributed by atoms with Gasteiger partial charge in [-0.2, -0.15) is 0 Å². The van der Waals surface area contributed by atoms with Crippen LogP contribution in [0.5, 0.6) is 0 Å². The maximum absolute atomic E-state index is 11.3. The van der Waals surface area contributed by atoms with Crippen molar-refractivity contribution in [3.05, 3.63) is 0 Å². The molecule has 0 amide bonds. The molecule has 0 aromatic carbocycles. The van der Waals surface area contributed by atoms with Crippen LogP contribution in [-0.4, -0.2) is 24.8 Å². The highest BCUT2D eigenvalue weighted by Crippen LogP contribution is 2.38. The van der Waals surface area contributed by atoms with Crippen molar-refractivity contribution in [3.63, 3.8) is 0 Å². The maximum atomic E-state index is 11.3. The first-order valence-corrected chi connectivity index (χ1v) is 8.04. The summed E-state index contributed by atoms with van der Waals surface area (Å²) < 4.78 is 22.7. The van der Waals surface area contributed by atoms with E-state index < -0.39 is 9.84 Å². The van der Waals surface area contributed by atoms with E-state index in [9.17, 15) is 8.42 Å². The molecule has 3 atom stereocenters. The molecular weight excluding hydrogens is 264 g/mol. The van der Waals surface area contributed by atoms with Crippen LogP contribution in [0.2, 0.25) is 0 Å². The molecule has 3 unspecified atom stereocenters. The van der Waals surface area contributed by atoms with Crippen LogP contribution in [0.15, 0.2) is 0 Å². The van der Waals surface area contributed by atoms with Gasteiger partial charge in [-0.05, 0) is 31.1 Å². The molecule has 84 valence electrons. The first-order valence-electron chi connectivity index (χ1n) is 5.30. The molecular formula is C10H19BrO2S. The van der Waals surface area contributed by atoms with Gasteiger partial charge in [-0.15, -0.1) is 0 Å². The molecule has 0 N–H and O–H groups in total. The standard InChI is InChI=1S/C10H19BrO2S/c1-3-14(12,13)7-6-9-4-5-10(11)8(9)2/h8-10H,3-7H2,1-2H3. The summed E-state index contributed by atoms with van der Waals surface area (Å²) >= 11 is 3.63. The van der Waals surface area contributed by atoms with Gasteiger partial charge < -0.3 is 0 Å². The lowest BCUT2D eigenvalue weighted by atomic mass is 9.96. The summed E-state index contributed by atoms with van der Waals surface area (Å²) in [5.41, 5.74) is 0. The van der Waals surface area contributed by atoms with E-state index in [1.165, 1.54) is 12.8 Å². The lowest BCUT2D eigenvalue weighted by Gasteiger charge is -2.16. The molecule has 0 bridgehead atoms. The van der Waals surface area contributed by atoms with E-state index in [0.29, 0.717) is 22.4 Å². The second-order valence-electron chi connectivity index (χ2n) is 4.24. The second kappa shape index (κ2) is 4.97. The van der Waals surface area contributed by atoms with E-state index in [1.54, 1.807) is 6.92 Å². The van der Waals surface area contributed by atoms with Gasteiger partial charge in [0.25, 0.3) is 0 Å². The lowest BCUT2D eigenvalue weighted by molar-refractivity contribution is 0.413. The average Bonchev–Trinajstić information content (AvgIpc) is 2.45. The van der Waals surface area contributed by atoms with Crippen molar-refractivity contribution in [2.75, 3.05) is 11.5 Å². The van der Waals surface area contributed by atoms with Crippen molar-refractivity contribution in [1.82, 2.24) is 0 Å². The first-order chi connectivity index (χ1) is 6.46. The Morgan fingerprint density at radius 1 is 1.36 bits per heavy atom. The molecule has 2 nitrogen and oxygen atoms in total. The highest BCUT2D eigenvalue weighted by molar-refractivity contribution is 9.09. The molecule has 0 aromatic heterocycles. The minimum atomic E-state index is -2.76. The summed E-state index contributed by atoms with van der Waals surface area (Å²) in [6.07, 6.45) is 3.22. The summed E-state index contributed by atoms with van der Waals surface area (Å²) in [6, 6.07) is 0. The zero-order chi connectivity index (χ0) is 10.8. The fraction of sp³-hybridized carbons (Fsp3) is 1.00. The molecule has 0 heterocycles. The number of sulfone groups is 1. The third-order valence-corrected chi connectivity index (χ3v) is 6.40. The smallest absolute Gasteiger partial charge is 0.150 e. The van der Waals surface area contributed by atoms with Gasteiger partial charge in [-0.3, -0.25) is 0 Å². The number of alkyl halides is 1. The molecule has 0 aromatic rings. The van der Waals surface area contributed by atoms with Crippen molar-refractivity contribution >= 4 is 25.8 Å². The molecule has 1 rings (SSSR count). The molecule has 1 saturated carbocycles. The van der Waals surface area contributed by atoms with Crippen molar-refractivity contribution in [1.29, 1.82) is 0 Å². The van der Waals surface area contributed by atoms with Crippen LogP contribution in [0.25, 0.3) is 0 Å². The molecule has 0 aliphatic heterocycles. The van der Waals surface area contributed by atoms with E-state index in [-0.39, 0.29) is 5.75 Å². The Kier molecular flexibility index (Phi) is 4.44. The van der Waals surface area contributed by atoms with E-state index in [2.05, 4.69) is 22.9 Å². The van der Waals surface area contributed by atoms with Crippen LogP contribution < -0.4 is 0 Å². The minimum absolute atomic E-state index is 0.284. The van der Waals surface area contributed by atoms with Crippen LogP contribution in [0.4, 0.5) is 0 Å². The van der Waals surface area contributed by atoms with Gasteiger partial charge in [0, 0.05) is 10.6 Å². The third-order valence-electron chi connectivity index (χ3n) is 3.37. The van der Waals surface area contributed by atoms with Gasteiger partial charge >= 0.3 is 0 Å². The van der Waals surface area contributed by atoms with Gasteiger partial charge in [0.15, 0.2) is 0 Å². The number of hydrogen-bond acceptors (Lipinski definition) is 2. The molecule has 0 spiro atoms. The van der Waals surface area contributed by atoms with Crippen molar-refractivity contribution < 1.29 is 8.42 Å². The molecule has 0 radical (unpaired) electrons. The molecule has 1 aliphatic rings. The van der Waals surface area contributed by atoms with Gasteiger partial charge in [0.1, 0.15) is 9.84 Å². The van der Waals surface area contributed by atoms with E-state index >= 15 is 0 Å². The summed E-state index contributed by atoms with van der Waals surface area (Å²) in [7, 11) is -2.76. The van der Waals surface area contributed by atoms with Gasteiger partial charge in [-0.1, -0.05) is 29.8 Å². The summed E-state index contributed by atoms with van der Waals surface area (Å²) in [4.78, 5) is 0.594. The Balaban J connectivity index is 2.40. The second-order valence-corrected chi connectivity index (χ2v) is 7.89. The average molecular weight is 283 g/mol. The van der Waals surface area contributed by atoms with Crippen LogP contribution in [0, 0.1) is 11.8 Å². The highest BCUT2D eigenvalue weighted by atomic mass is 79.9. The van der Waals surface area contributed by atoms with Gasteiger partial charge in [-0.25, -0.2) is 8.42 Å². The van der Waals surface area contributed by atoms with Crippen LogP contribution in [0.1, 0.15) is 33.1 Å². The van der Waals surface area contributed by atoms with Crippen LogP contribution in [0.3, 0.4) is 0 Å². The highest BCUT2D eigenvalue weighted by Gasteiger charge is 2.31. The fourth-order valence-corrected chi connectivity index (χ4v) is 3.72. The zero-order valence-corrected chi connectivity index (χ0v) is 11.3. The Bertz CT molecular complexity index is 274. The monoisotopic (exact) mass is 282 g/mol. The number of hydrogen-bond donors (Lipinski definition) is 0. The Morgan fingerprint density at radius 3 is 2.43 bits per heavy atom. The zero-order valence-electron chi connectivity index (χ0n) is 8.87. The summed E-state index contributed by atoms with van der Waals surface area (Å²) in [6.45, 7) is 3.94. The summed E-state index contributed by atoms with van der Waals surface area (Å²) in [5, 5.41) is 0. The molecule has 0 saturated heterocycles. The molecule has 14 heavy (non-hydrogen) atoms. The van der Waals surface area contributed by atoms with Crippen LogP contribution in [-0.2, 0) is 9.84 Å². The summed E-state index contributed by atoms with van der Waals surface area (Å²) in [5.74, 6) is 1.88. The quantitative estimate of drug-likeness (QED) is 0.743. The Hall–Kier alpha value is 0.430. The first kappa shape index (κ1) is 12.5. The lowest BCUT2D eigenvalue weighted by Crippen LogP contribution is -2.16. The van der Waals surface area contributed by atoms with E-state index in [0.717, 1.165) is 6.42 Å². The van der Waals surface area contributed by atoms with E-state index in [1.807, 2.05) is 0 Å². The van der Waals surface area contributed by atoms with Crippen molar-refractivity contribution in [2.24, 2.45) is 11.8 Å². The largest absolute Gasteiger partial charge is 0.229 e. The number of halogens is 1. The maximum Gasteiger partial charge on any atom is 0.150 e. The van der Waals surface area contributed by atoms with Crippen LogP contribution >= 0.6 is 15.9 Å². The SMILES string of the molecule is CCS(=O)(=O)CCC1CCC(Br)C1C. The fourth-order valence-electron chi connectivity index (χ4n) is 2.08. The molecule has 1 aliphatic carbocycles. The predicted octanol–water partition coefficient (Wildman–Crippen LogP) is 2.62. The van der Waals surface area contributed by atoms with Gasteiger partial charge in [0.05, 0.1) is 5.75 Å². The minimum Gasteiger partial charge on any atom is -0.229 e. The molecule has 1 fully saturated rings. The Labute approximate surface area is 95.5 Å². The Morgan fingerprint density at radius 2 is 2.00 bits per heavy atom.